The Balaban J connectivity index is 3.43. The highest BCUT2D eigenvalue weighted by Gasteiger charge is 2.21. The largest absolute Gasteiger partial charge is 0.490 e. The Labute approximate surface area is 83.6 Å². The number of nitro groups is 1. The number of halogens is 1. The minimum atomic E-state index is -1.07. The maximum absolute atomic E-state index is 13.1. The second-order valence-corrected chi connectivity index (χ2v) is 2.63. The molecule has 0 aromatic heterocycles. The van der Waals surface area contributed by atoms with Crippen molar-refractivity contribution in [2.75, 3.05) is 7.11 Å². The standard InChI is InChI=1S/C8H7FN2O4/c1-15-7-3-5(9)4(8(10)12)2-6(7)11(13)14/h2-3H,1H3,(H2,10,12). The van der Waals surface area contributed by atoms with Gasteiger partial charge >= 0.3 is 5.69 Å². The molecule has 0 atom stereocenters. The quantitative estimate of drug-likeness (QED) is 0.595. The molecule has 7 heteroatoms. The Morgan fingerprint density at radius 3 is 2.60 bits per heavy atom. The number of nitrogens with two attached hydrogens (primary N) is 1. The van der Waals surface area contributed by atoms with Gasteiger partial charge in [0.2, 0.25) is 0 Å². The number of rotatable bonds is 3. The van der Waals surface area contributed by atoms with Crippen LogP contribution in [0.1, 0.15) is 10.4 Å². The summed E-state index contributed by atoms with van der Waals surface area (Å²) in [6.45, 7) is 0. The average Bonchev–Trinajstić information content (AvgIpc) is 2.16. The van der Waals surface area contributed by atoms with E-state index in [1.54, 1.807) is 0 Å². The average molecular weight is 214 g/mol. The summed E-state index contributed by atoms with van der Waals surface area (Å²) >= 11 is 0. The fourth-order valence-corrected chi connectivity index (χ4v) is 1.04. The molecule has 0 saturated heterocycles. The number of amides is 1. The SMILES string of the molecule is COc1cc(F)c(C(N)=O)cc1[N+](=O)[O-]. The van der Waals surface area contributed by atoms with Crippen molar-refractivity contribution < 1.29 is 18.8 Å². The van der Waals surface area contributed by atoms with E-state index in [4.69, 9.17) is 5.73 Å². The van der Waals surface area contributed by atoms with E-state index in [9.17, 15) is 19.3 Å². The zero-order valence-corrected chi connectivity index (χ0v) is 7.69. The van der Waals surface area contributed by atoms with Gasteiger partial charge in [0.15, 0.2) is 5.75 Å². The van der Waals surface area contributed by atoms with Gasteiger partial charge in [-0.05, 0) is 0 Å². The molecule has 0 radical (unpaired) electrons. The second kappa shape index (κ2) is 3.91. The molecule has 1 aromatic carbocycles. The summed E-state index contributed by atoms with van der Waals surface area (Å²) in [5.74, 6) is -2.29. The van der Waals surface area contributed by atoms with Crippen LogP contribution in [0.2, 0.25) is 0 Å². The van der Waals surface area contributed by atoms with E-state index in [1.807, 2.05) is 0 Å². The number of carbonyl (C=O) groups excluding carboxylic acids is 1. The molecule has 0 unspecified atom stereocenters. The number of primary amides is 1. The summed E-state index contributed by atoms with van der Waals surface area (Å²) in [5.41, 5.74) is 3.79. The van der Waals surface area contributed by atoms with Crippen molar-refractivity contribution in [2.24, 2.45) is 5.73 Å². The van der Waals surface area contributed by atoms with Crippen molar-refractivity contribution >= 4 is 11.6 Å². The zero-order chi connectivity index (χ0) is 11.6. The van der Waals surface area contributed by atoms with Crippen molar-refractivity contribution in [1.29, 1.82) is 0 Å². The van der Waals surface area contributed by atoms with E-state index in [1.165, 1.54) is 0 Å². The molecule has 15 heavy (non-hydrogen) atoms. The maximum Gasteiger partial charge on any atom is 0.311 e. The molecule has 80 valence electrons. The lowest BCUT2D eigenvalue weighted by molar-refractivity contribution is -0.385. The number of nitrogens with zero attached hydrogens (tertiary/aromatic N) is 1. The number of carbonyl (C=O) groups is 1. The number of ether oxygens (including phenoxy) is 1. The van der Waals surface area contributed by atoms with Gasteiger partial charge in [-0.1, -0.05) is 0 Å². The van der Waals surface area contributed by atoms with Crippen LogP contribution in [0.3, 0.4) is 0 Å². The van der Waals surface area contributed by atoms with Crippen molar-refractivity contribution in [3.05, 3.63) is 33.6 Å². The topological polar surface area (TPSA) is 95.5 Å². The molecule has 0 aliphatic rings. The van der Waals surface area contributed by atoms with Crippen LogP contribution < -0.4 is 10.5 Å². The van der Waals surface area contributed by atoms with Crippen LogP contribution in [-0.2, 0) is 0 Å². The number of hydrogen-bond donors (Lipinski definition) is 1. The van der Waals surface area contributed by atoms with E-state index in [0.717, 1.165) is 19.2 Å². The molecule has 0 aliphatic carbocycles. The first kappa shape index (κ1) is 10.9. The van der Waals surface area contributed by atoms with Crippen LogP contribution >= 0.6 is 0 Å². The monoisotopic (exact) mass is 214 g/mol. The molecule has 1 aromatic rings. The fourth-order valence-electron chi connectivity index (χ4n) is 1.04. The van der Waals surface area contributed by atoms with Gasteiger partial charge in [0.1, 0.15) is 5.82 Å². The lowest BCUT2D eigenvalue weighted by atomic mass is 10.1. The summed E-state index contributed by atoms with van der Waals surface area (Å²) in [5, 5.41) is 10.5. The van der Waals surface area contributed by atoms with E-state index in [0.29, 0.717) is 0 Å². The van der Waals surface area contributed by atoms with E-state index >= 15 is 0 Å². The Bertz CT molecular complexity index is 433. The van der Waals surface area contributed by atoms with Crippen molar-refractivity contribution in [3.8, 4) is 5.75 Å². The van der Waals surface area contributed by atoms with Gasteiger partial charge in [0.25, 0.3) is 5.91 Å². The maximum atomic E-state index is 13.1. The molecular weight excluding hydrogens is 207 g/mol. The number of hydrogen-bond acceptors (Lipinski definition) is 4. The van der Waals surface area contributed by atoms with Crippen molar-refractivity contribution in [2.45, 2.75) is 0 Å². The first-order valence-electron chi connectivity index (χ1n) is 3.79. The highest BCUT2D eigenvalue weighted by molar-refractivity contribution is 5.94. The molecule has 1 rings (SSSR count). The van der Waals surface area contributed by atoms with Gasteiger partial charge < -0.3 is 10.5 Å². The number of benzene rings is 1. The molecule has 0 saturated carbocycles. The van der Waals surface area contributed by atoms with Crippen LogP contribution in [0.25, 0.3) is 0 Å². The Morgan fingerprint density at radius 2 is 2.20 bits per heavy atom. The lowest BCUT2D eigenvalue weighted by Gasteiger charge is -2.03. The number of methoxy groups -OCH3 is 1. The number of nitro benzene ring substituents is 1. The summed E-state index contributed by atoms with van der Waals surface area (Å²) in [6.07, 6.45) is 0. The highest BCUT2D eigenvalue weighted by atomic mass is 19.1. The predicted molar refractivity (Wildman–Crippen MR) is 48.1 cm³/mol. The summed E-state index contributed by atoms with van der Waals surface area (Å²) < 4.78 is 17.7. The third-order valence-electron chi connectivity index (χ3n) is 1.73. The van der Waals surface area contributed by atoms with Crippen molar-refractivity contribution in [1.82, 2.24) is 0 Å². The van der Waals surface area contributed by atoms with Gasteiger partial charge in [0, 0.05) is 12.1 Å². The normalized spacial score (nSPS) is 9.73. The van der Waals surface area contributed by atoms with Gasteiger partial charge in [-0.3, -0.25) is 14.9 Å². The first-order valence-corrected chi connectivity index (χ1v) is 3.79. The van der Waals surface area contributed by atoms with Gasteiger partial charge in [-0.25, -0.2) is 4.39 Å². The molecule has 1 amide bonds. The third kappa shape index (κ3) is 2.01. The molecule has 0 aliphatic heterocycles. The first-order chi connectivity index (χ1) is 6.97. The molecule has 6 nitrogen and oxygen atoms in total. The Hall–Kier alpha value is -2.18. The molecule has 0 heterocycles. The van der Waals surface area contributed by atoms with Crippen LogP contribution in [0.5, 0.6) is 5.75 Å². The summed E-state index contributed by atoms with van der Waals surface area (Å²) in [6, 6.07) is 1.49. The molecule has 0 fully saturated rings. The van der Waals surface area contributed by atoms with E-state index < -0.39 is 27.9 Å². The predicted octanol–water partition coefficient (Wildman–Crippen LogP) is 0.841. The van der Waals surface area contributed by atoms with Gasteiger partial charge in [-0.2, -0.15) is 0 Å². The molecular formula is C8H7FN2O4. The van der Waals surface area contributed by atoms with Gasteiger partial charge in [0.05, 0.1) is 17.6 Å². The summed E-state index contributed by atoms with van der Waals surface area (Å²) in [7, 11) is 1.16. The summed E-state index contributed by atoms with van der Waals surface area (Å²) in [4.78, 5) is 20.4. The minimum Gasteiger partial charge on any atom is -0.490 e. The van der Waals surface area contributed by atoms with Crippen molar-refractivity contribution in [3.63, 3.8) is 0 Å². The molecule has 0 spiro atoms. The van der Waals surface area contributed by atoms with Crippen LogP contribution in [0.15, 0.2) is 12.1 Å². The smallest absolute Gasteiger partial charge is 0.311 e. The fraction of sp³-hybridized carbons (Fsp3) is 0.125. The van der Waals surface area contributed by atoms with E-state index in [-0.39, 0.29) is 5.75 Å². The molecule has 2 N–H and O–H groups in total. The van der Waals surface area contributed by atoms with Crippen LogP contribution in [-0.4, -0.2) is 17.9 Å². The lowest BCUT2D eigenvalue weighted by Crippen LogP contribution is -2.13. The highest BCUT2D eigenvalue weighted by Crippen LogP contribution is 2.29. The van der Waals surface area contributed by atoms with E-state index in [2.05, 4.69) is 4.74 Å². The van der Waals surface area contributed by atoms with Crippen LogP contribution in [0, 0.1) is 15.9 Å². The van der Waals surface area contributed by atoms with Crippen LogP contribution in [0.4, 0.5) is 10.1 Å². The third-order valence-corrected chi connectivity index (χ3v) is 1.73. The Kier molecular flexibility index (Phi) is 2.84. The molecule has 0 bridgehead atoms. The minimum absolute atomic E-state index is 0.262. The Morgan fingerprint density at radius 1 is 1.60 bits per heavy atom. The van der Waals surface area contributed by atoms with Gasteiger partial charge in [-0.15, -0.1) is 0 Å². The zero-order valence-electron chi connectivity index (χ0n) is 7.69. The second-order valence-electron chi connectivity index (χ2n) is 2.63.